The molecular weight excluding hydrogens is 306 g/mol. The Labute approximate surface area is 140 Å². The number of imide groups is 1. The van der Waals surface area contributed by atoms with Gasteiger partial charge in [0.1, 0.15) is 12.1 Å². The largest absolute Gasteiger partial charge is 0.351 e. The van der Waals surface area contributed by atoms with E-state index in [0.29, 0.717) is 6.54 Å². The SMILES string of the molecule is C=CCNC(=O)CN1C(=O)NC(C)(c2ccc3c(c2)CCC3)C1=O. The molecule has 0 bridgehead atoms. The van der Waals surface area contributed by atoms with Crippen LogP contribution in [-0.2, 0) is 28.0 Å². The molecule has 1 aromatic carbocycles. The number of hydrogen-bond acceptors (Lipinski definition) is 3. The Bertz CT molecular complexity index is 728. The van der Waals surface area contributed by atoms with Crippen molar-refractivity contribution in [3.05, 3.63) is 47.5 Å². The Morgan fingerprint density at radius 1 is 1.38 bits per heavy atom. The molecule has 6 heteroatoms. The molecule has 2 aliphatic rings. The maximum atomic E-state index is 12.8. The summed E-state index contributed by atoms with van der Waals surface area (Å²) in [5, 5.41) is 5.31. The van der Waals surface area contributed by atoms with Gasteiger partial charge in [-0.05, 0) is 42.9 Å². The fraction of sp³-hybridized carbons (Fsp3) is 0.389. The predicted octanol–water partition coefficient (Wildman–Crippen LogP) is 1.24. The second-order valence-corrected chi connectivity index (χ2v) is 6.38. The molecule has 1 aromatic rings. The third kappa shape index (κ3) is 2.68. The Kier molecular flexibility index (Phi) is 4.13. The van der Waals surface area contributed by atoms with E-state index in [4.69, 9.17) is 0 Å². The predicted molar refractivity (Wildman–Crippen MR) is 89.3 cm³/mol. The zero-order valence-electron chi connectivity index (χ0n) is 13.7. The fourth-order valence-electron chi connectivity index (χ4n) is 3.30. The van der Waals surface area contributed by atoms with Gasteiger partial charge in [0, 0.05) is 6.54 Å². The van der Waals surface area contributed by atoms with Gasteiger partial charge in [-0.25, -0.2) is 4.79 Å². The second-order valence-electron chi connectivity index (χ2n) is 6.38. The molecule has 1 saturated heterocycles. The zero-order chi connectivity index (χ0) is 17.3. The highest BCUT2D eigenvalue weighted by Crippen LogP contribution is 2.32. The Balaban J connectivity index is 1.81. The normalized spacial score (nSPS) is 22.3. The molecule has 3 rings (SSSR count). The monoisotopic (exact) mass is 327 g/mol. The number of fused-ring (bicyclic) bond motifs is 1. The number of carbonyl (C=O) groups is 3. The van der Waals surface area contributed by atoms with E-state index in [1.165, 1.54) is 11.1 Å². The summed E-state index contributed by atoms with van der Waals surface area (Å²) in [5.74, 6) is -0.796. The van der Waals surface area contributed by atoms with Crippen LogP contribution in [0, 0.1) is 0 Å². The van der Waals surface area contributed by atoms with Crippen molar-refractivity contribution < 1.29 is 14.4 Å². The van der Waals surface area contributed by atoms with Crippen LogP contribution in [0.5, 0.6) is 0 Å². The first-order valence-electron chi connectivity index (χ1n) is 8.09. The van der Waals surface area contributed by atoms with E-state index < -0.39 is 23.4 Å². The lowest BCUT2D eigenvalue weighted by Gasteiger charge is -2.23. The van der Waals surface area contributed by atoms with Crippen molar-refractivity contribution in [3.63, 3.8) is 0 Å². The first-order valence-corrected chi connectivity index (χ1v) is 8.09. The minimum Gasteiger partial charge on any atom is -0.351 e. The molecule has 1 heterocycles. The molecule has 6 nitrogen and oxygen atoms in total. The van der Waals surface area contributed by atoms with Crippen LogP contribution >= 0.6 is 0 Å². The van der Waals surface area contributed by atoms with E-state index in [2.05, 4.69) is 17.2 Å². The van der Waals surface area contributed by atoms with E-state index in [9.17, 15) is 14.4 Å². The third-order valence-electron chi connectivity index (χ3n) is 4.70. The Hall–Kier alpha value is -2.63. The van der Waals surface area contributed by atoms with Crippen molar-refractivity contribution in [2.24, 2.45) is 0 Å². The van der Waals surface area contributed by atoms with Crippen molar-refractivity contribution in [1.29, 1.82) is 0 Å². The Morgan fingerprint density at radius 2 is 2.12 bits per heavy atom. The van der Waals surface area contributed by atoms with Crippen molar-refractivity contribution in [2.75, 3.05) is 13.1 Å². The van der Waals surface area contributed by atoms with Gasteiger partial charge in [0.15, 0.2) is 0 Å². The molecule has 1 unspecified atom stereocenters. The van der Waals surface area contributed by atoms with E-state index in [-0.39, 0.29) is 6.54 Å². The average Bonchev–Trinajstić information content (AvgIpc) is 3.11. The lowest BCUT2D eigenvalue weighted by molar-refractivity contribution is -0.134. The van der Waals surface area contributed by atoms with Crippen molar-refractivity contribution in [1.82, 2.24) is 15.5 Å². The molecule has 24 heavy (non-hydrogen) atoms. The van der Waals surface area contributed by atoms with Crippen LogP contribution in [0.2, 0.25) is 0 Å². The third-order valence-corrected chi connectivity index (χ3v) is 4.70. The maximum absolute atomic E-state index is 12.8. The number of urea groups is 1. The molecule has 2 N–H and O–H groups in total. The summed E-state index contributed by atoms with van der Waals surface area (Å²) in [6, 6.07) is 5.38. The fourth-order valence-corrected chi connectivity index (χ4v) is 3.30. The van der Waals surface area contributed by atoms with Crippen LogP contribution in [0.25, 0.3) is 0 Å². The van der Waals surface area contributed by atoms with E-state index in [0.717, 1.165) is 29.7 Å². The van der Waals surface area contributed by atoms with Gasteiger partial charge in [0.2, 0.25) is 5.91 Å². The van der Waals surface area contributed by atoms with Crippen molar-refractivity contribution in [3.8, 4) is 0 Å². The smallest absolute Gasteiger partial charge is 0.325 e. The molecule has 126 valence electrons. The number of nitrogens with zero attached hydrogens (tertiary/aromatic N) is 1. The summed E-state index contributed by atoms with van der Waals surface area (Å²) in [5.41, 5.74) is 2.17. The van der Waals surface area contributed by atoms with Crippen LogP contribution in [0.4, 0.5) is 4.79 Å². The number of rotatable bonds is 5. The van der Waals surface area contributed by atoms with Crippen LogP contribution in [0.1, 0.15) is 30.0 Å². The minimum absolute atomic E-state index is 0.293. The number of carbonyl (C=O) groups excluding carboxylic acids is 3. The molecule has 1 fully saturated rings. The molecule has 1 atom stereocenters. The molecule has 0 saturated carbocycles. The molecule has 0 radical (unpaired) electrons. The molecule has 1 aliphatic carbocycles. The van der Waals surface area contributed by atoms with Gasteiger partial charge in [-0.15, -0.1) is 6.58 Å². The van der Waals surface area contributed by atoms with Gasteiger partial charge in [0.25, 0.3) is 5.91 Å². The quantitative estimate of drug-likeness (QED) is 0.631. The van der Waals surface area contributed by atoms with Gasteiger partial charge in [-0.1, -0.05) is 24.3 Å². The summed E-state index contributed by atoms with van der Waals surface area (Å²) < 4.78 is 0. The number of aryl methyl sites for hydroxylation is 2. The molecule has 1 aliphatic heterocycles. The van der Waals surface area contributed by atoms with Crippen LogP contribution in [0.15, 0.2) is 30.9 Å². The van der Waals surface area contributed by atoms with Gasteiger partial charge in [0.05, 0.1) is 0 Å². The standard InChI is InChI=1S/C18H21N3O3/c1-3-9-19-15(22)11-21-16(23)18(2,20-17(21)24)14-8-7-12-5-4-6-13(12)10-14/h3,7-8,10H,1,4-6,9,11H2,2H3,(H,19,22)(H,20,24). The highest BCUT2D eigenvalue weighted by molar-refractivity contribution is 6.09. The van der Waals surface area contributed by atoms with Crippen LogP contribution in [0.3, 0.4) is 0 Å². The summed E-state index contributed by atoms with van der Waals surface area (Å²) in [7, 11) is 0. The van der Waals surface area contributed by atoms with E-state index in [1.54, 1.807) is 13.0 Å². The number of hydrogen-bond donors (Lipinski definition) is 2. The minimum atomic E-state index is -1.13. The number of amides is 4. The molecule has 4 amide bonds. The lowest BCUT2D eigenvalue weighted by Crippen LogP contribution is -2.43. The second kappa shape index (κ2) is 6.11. The van der Waals surface area contributed by atoms with Crippen molar-refractivity contribution >= 4 is 17.8 Å². The molecular formula is C18H21N3O3. The van der Waals surface area contributed by atoms with Gasteiger partial charge >= 0.3 is 6.03 Å². The van der Waals surface area contributed by atoms with Gasteiger partial charge in [-0.3, -0.25) is 14.5 Å². The van der Waals surface area contributed by atoms with Gasteiger partial charge < -0.3 is 10.6 Å². The molecule has 0 spiro atoms. The number of benzene rings is 1. The Morgan fingerprint density at radius 3 is 2.88 bits per heavy atom. The topological polar surface area (TPSA) is 78.5 Å². The number of nitrogens with one attached hydrogen (secondary N) is 2. The van der Waals surface area contributed by atoms with E-state index >= 15 is 0 Å². The summed E-state index contributed by atoms with van der Waals surface area (Å²) in [6.45, 7) is 5.20. The zero-order valence-corrected chi connectivity index (χ0v) is 13.7. The van der Waals surface area contributed by atoms with Gasteiger partial charge in [-0.2, -0.15) is 0 Å². The highest BCUT2D eigenvalue weighted by Gasteiger charge is 2.49. The van der Waals surface area contributed by atoms with E-state index in [1.807, 2.05) is 18.2 Å². The molecule has 0 aromatic heterocycles. The van der Waals surface area contributed by atoms with Crippen LogP contribution in [-0.4, -0.2) is 35.8 Å². The first-order chi connectivity index (χ1) is 11.5. The maximum Gasteiger partial charge on any atom is 0.325 e. The summed E-state index contributed by atoms with van der Waals surface area (Å²) in [6.07, 6.45) is 4.71. The lowest BCUT2D eigenvalue weighted by atomic mass is 9.89. The first kappa shape index (κ1) is 16.2. The summed E-state index contributed by atoms with van der Waals surface area (Å²) in [4.78, 5) is 37.8. The van der Waals surface area contributed by atoms with Crippen molar-refractivity contribution in [2.45, 2.75) is 31.7 Å². The summed E-state index contributed by atoms with van der Waals surface area (Å²) >= 11 is 0. The average molecular weight is 327 g/mol. The van der Waals surface area contributed by atoms with Crippen LogP contribution < -0.4 is 10.6 Å². The highest BCUT2D eigenvalue weighted by atomic mass is 16.2.